The van der Waals surface area contributed by atoms with Crippen LogP contribution < -0.4 is 5.32 Å². The van der Waals surface area contributed by atoms with Gasteiger partial charge in [-0.15, -0.1) is 0 Å². The minimum atomic E-state index is -3.76. The molecule has 0 bridgehead atoms. The van der Waals surface area contributed by atoms with Crippen molar-refractivity contribution < 1.29 is 13.2 Å². The van der Waals surface area contributed by atoms with Gasteiger partial charge in [0.2, 0.25) is 15.9 Å². The molecule has 1 N–H and O–H groups in total. The number of rotatable bonds is 8. The van der Waals surface area contributed by atoms with Crippen molar-refractivity contribution in [2.75, 3.05) is 19.6 Å². The summed E-state index contributed by atoms with van der Waals surface area (Å²) in [6.45, 7) is 4.38. The summed E-state index contributed by atoms with van der Waals surface area (Å²) in [6.07, 6.45) is 2.74. The maximum atomic E-state index is 12.5. The summed E-state index contributed by atoms with van der Waals surface area (Å²) in [5.41, 5.74) is 0. The molecule has 0 aliphatic heterocycles. The molecule has 0 aliphatic carbocycles. The second-order valence-electron chi connectivity index (χ2n) is 4.50. The zero-order chi connectivity index (χ0) is 15.9. The van der Waals surface area contributed by atoms with Gasteiger partial charge >= 0.3 is 0 Å². The van der Waals surface area contributed by atoms with Gasteiger partial charge in [0.05, 0.1) is 11.4 Å². The van der Waals surface area contributed by atoms with E-state index < -0.39 is 10.0 Å². The monoisotopic (exact) mass is 333 g/mol. The van der Waals surface area contributed by atoms with Crippen molar-refractivity contribution in [1.29, 1.82) is 0 Å². The van der Waals surface area contributed by atoms with Gasteiger partial charge in [0.15, 0.2) is 0 Å². The number of amides is 1. The summed E-state index contributed by atoms with van der Waals surface area (Å²) in [7, 11) is -3.76. The van der Waals surface area contributed by atoms with E-state index in [1.165, 1.54) is 18.3 Å². The van der Waals surface area contributed by atoms with E-state index in [0.29, 0.717) is 13.0 Å². The van der Waals surface area contributed by atoms with Crippen LogP contribution in [0.15, 0.2) is 23.2 Å². The van der Waals surface area contributed by atoms with Crippen LogP contribution in [0.3, 0.4) is 0 Å². The Labute approximate surface area is 130 Å². The molecule has 8 heteroatoms. The molecule has 0 fully saturated rings. The summed E-state index contributed by atoms with van der Waals surface area (Å²) >= 11 is 5.73. The first-order chi connectivity index (χ1) is 9.91. The van der Waals surface area contributed by atoms with Crippen molar-refractivity contribution in [3.8, 4) is 0 Å². The van der Waals surface area contributed by atoms with Gasteiger partial charge in [-0.2, -0.15) is 4.31 Å². The van der Waals surface area contributed by atoms with Gasteiger partial charge in [0.1, 0.15) is 5.15 Å². The number of nitrogens with one attached hydrogen (secondary N) is 1. The van der Waals surface area contributed by atoms with Gasteiger partial charge < -0.3 is 5.32 Å². The molecule has 0 aliphatic rings. The lowest BCUT2D eigenvalue weighted by molar-refractivity contribution is -0.121. The molecule has 1 aromatic heterocycles. The largest absolute Gasteiger partial charge is 0.355 e. The van der Waals surface area contributed by atoms with Crippen molar-refractivity contribution in [1.82, 2.24) is 14.6 Å². The number of carbonyl (C=O) groups is 1. The average molecular weight is 334 g/mol. The molecule has 118 valence electrons. The molecule has 0 aromatic carbocycles. The Morgan fingerprint density at radius 2 is 2.10 bits per heavy atom. The summed E-state index contributed by atoms with van der Waals surface area (Å²) in [5, 5.41) is 2.77. The maximum Gasteiger partial charge on any atom is 0.243 e. The first kappa shape index (κ1) is 17.9. The number of sulfonamides is 1. The van der Waals surface area contributed by atoms with Crippen LogP contribution in [0, 0.1) is 0 Å². The van der Waals surface area contributed by atoms with Gasteiger partial charge in [-0.05, 0) is 25.0 Å². The summed E-state index contributed by atoms with van der Waals surface area (Å²) in [6, 6.07) is 2.65. The first-order valence-electron chi connectivity index (χ1n) is 6.80. The number of nitrogens with zero attached hydrogens (tertiary/aromatic N) is 2. The minimum absolute atomic E-state index is 0.0410. The van der Waals surface area contributed by atoms with Gasteiger partial charge in [-0.25, -0.2) is 13.4 Å². The van der Waals surface area contributed by atoms with E-state index in [-0.39, 0.29) is 29.0 Å². The second-order valence-corrected chi connectivity index (χ2v) is 6.83. The van der Waals surface area contributed by atoms with Crippen molar-refractivity contribution >= 4 is 27.5 Å². The number of carbonyl (C=O) groups excluding carboxylic acids is 1. The van der Waals surface area contributed by atoms with Crippen LogP contribution in [-0.2, 0) is 14.8 Å². The van der Waals surface area contributed by atoms with Crippen molar-refractivity contribution in [2.24, 2.45) is 0 Å². The fourth-order valence-electron chi connectivity index (χ4n) is 1.71. The van der Waals surface area contributed by atoms with E-state index in [1.807, 2.05) is 13.8 Å². The minimum Gasteiger partial charge on any atom is -0.355 e. The van der Waals surface area contributed by atoms with Gasteiger partial charge in [0, 0.05) is 19.3 Å². The molecule has 0 saturated carbocycles. The molecule has 1 aromatic rings. The molecule has 21 heavy (non-hydrogen) atoms. The molecule has 1 amide bonds. The highest BCUT2D eigenvalue weighted by Gasteiger charge is 2.26. The zero-order valence-corrected chi connectivity index (χ0v) is 13.7. The molecule has 0 unspecified atom stereocenters. The standard InChI is InChI=1S/C13H20ClN3O3S/c1-3-6-16-13(18)10-17(8-4-2)21(19,20)11-5-7-15-12(14)9-11/h5,7,9H,3-4,6,8,10H2,1-2H3,(H,16,18). The molecule has 0 radical (unpaired) electrons. The molecule has 0 spiro atoms. The summed E-state index contributed by atoms with van der Waals surface area (Å²) < 4.78 is 26.2. The fourth-order valence-corrected chi connectivity index (χ4v) is 3.45. The van der Waals surface area contributed by atoms with Crippen LogP contribution in [0.4, 0.5) is 0 Å². The highest BCUT2D eigenvalue weighted by atomic mass is 35.5. The third kappa shape index (κ3) is 5.26. The van der Waals surface area contributed by atoms with E-state index in [0.717, 1.165) is 10.7 Å². The molecular weight excluding hydrogens is 314 g/mol. The molecule has 1 rings (SSSR count). The maximum absolute atomic E-state index is 12.5. The van der Waals surface area contributed by atoms with E-state index in [9.17, 15) is 13.2 Å². The number of hydrogen-bond donors (Lipinski definition) is 1. The number of halogens is 1. The highest BCUT2D eigenvalue weighted by Crippen LogP contribution is 2.18. The van der Waals surface area contributed by atoms with Crippen LogP contribution in [-0.4, -0.2) is 43.2 Å². The Bertz CT molecular complexity index is 578. The third-order valence-corrected chi connectivity index (χ3v) is 4.75. The molecule has 0 saturated heterocycles. The molecular formula is C13H20ClN3O3S. The summed E-state index contributed by atoms with van der Waals surface area (Å²) in [4.78, 5) is 15.6. The number of pyridine rings is 1. The topological polar surface area (TPSA) is 79.4 Å². The van der Waals surface area contributed by atoms with Crippen molar-refractivity contribution in [3.05, 3.63) is 23.5 Å². The second kappa shape index (κ2) is 8.31. The predicted molar refractivity (Wildman–Crippen MR) is 81.6 cm³/mol. The van der Waals surface area contributed by atoms with Crippen LogP contribution in [0.2, 0.25) is 5.15 Å². The Morgan fingerprint density at radius 1 is 1.38 bits per heavy atom. The molecule has 0 atom stereocenters. The highest BCUT2D eigenvalue weighted by molar-refractivity contribution is 7.89. The third-order valence-electron chi connectivity index (χ3n) is 2.70. The molecule has 6 nitrogen and oxygen atoms in total. The fraction of sp³-hybridized carbons (Fsp3) is 0.538. The van der Waals surface area contributed by atoms with E-state index >= 15 is 0 Å². The Kier molecular flexibility index (Phi) is 7.07. The lowest BCUT2D eigenvalue weighted by Gasteiger charge is -2.21. The van der Waals surface area contributed by atoms with Crippen molar-refractivity contribution in [2.45, 2.75) is 31.6 Å². The lowest BCUT2D eigenvalue weighted by Crippen LogP contribution is -2.41. The quantitative estimate of drug-likeness (QED) is 0.734. The Morgan fingerprint density at radius 3 is 2.67 bits per heavy atom. The normalized spacial score (nSPS) is 11.6. The number of aromatic nitrogens is 1. The molecule has 1 heterocycles. The van der Waals surface area contributed by atoms with Crippen LogP contribution in [0.5, 0.6) is 0 Å². The van der Waals surface area contributed by atoms with Crippen LogP contribution in [0.1, 0.15) is 26.7 Å². The van der Waals surface area contributed by atoms with E-state index in [2.05, 4.69) is 10.3 Å². The number of hydrogen-bond acceptors (Lipinski definition) is 4. The lowest BCUT2D eigenvalue weighted by atomic mass is 10.4. The van der Waals surface area contributed by atoms with Gasteiger partial charge in [-0.3, -0.25) is 4.79 Å². The van der Waals surface area contributed by atoms with E-state index in [4.69, 9.17) is 11.6 Å². The van der Waals surface area contributed by atoms with Gasteiger partial charge in [-0.1, -0.05) is 25.4 Å². The first-order valence-corrected chi connectivity index (χ1v) is 8.62. The SMILES string of the molecule is CCCNC(=O)CN(CCC)S(=O)(=O)c1ccnc(Cl)c1. The van der Waals surface area contributed by atoms with Crippen LogP contribution in [0.25, 0.3) is 0 Å². The summed E-state index contributed by atoms with van der Waals surface area (Å²) in [5.74, 6) is -0.311. The van der Waals surface area contributed by atoms with E-state index in [1.54, 1.807) is 0 Å². The predicted octanol–water partition coefficient (Wildman–Crippen LogP) is 1.66. The van der Waals surface area contributed by atoms with Crippen molar-refractivity contribution in [3.63, 3.8) is 0 Å². The smallest absolute Gasteiger partial charge is 0.243 e. The Hall–Kier alpha value is -1.18. The van der Waals surface area contributed by atoms with Crippen LogP contribution >= 0.6 is 11.6 Å². The zero-order valence-electron chi connectivity index (χ0n) is 12.2. The average Bonchev–Trinajstić information content (AvgIpc) is 2.44. The van der Waals surface area contributed by atoms with Gasteiger partial charge in [0.25, 0.3) is 0 Å². The Balaban J connectivity index is 2.95.